The summed E-state index contributed by atoms with van der Waals surface area (Å²) in [6.45, 7) is 4.46. The molecule has 0 aliphatic rings. The van der Waals surface area contributed by atoms with Crippen LogP contribution >= 0.6 is 31.9 Å². The largest absolute Gasteiger partial charge is 0.489 e. The number of benzene rings is 2. The van der Waals surface area contributed by atoms with Crippen LogP contribution in [0.15, 0.2) is 39.3 Å². The molecular weight excluding hydrogens is 375 g/mol. The molecule has 0 aliphatic carbocycles. The lowest BCUT2D eigenvalue weighted by Gasteiger charge is -2.11. The molecule has 0 aromatic heterocycles. The molecular formula is C15H13Br2FO. The molecule has 0 bridgehead atoms. The Morgan fingerprint density at radius 3 is 2.26 bits per heavy atom. The number of halogens is 3. The standard InChI is InChI=1S/C15H13Br2FO/c1-9-5-13(6-10(2)15(9)17)19-8-11-3-4-12(18)7-14(11)16/h3-7H,8H2,1-2H3. The van der Waals surface area contributed by atoms with Gasteiger partial charge in [-0.15, -0.1) is 0 Å². The van der Waals surface area contributed by atoms with E-state index in [0.29, 0.717) is 6.61 Å². The highest BCUT2D eigenvalue weighted by atomic mass is 79.9. The zero-order valence-electron chi connectivity index (χ0n) is 10.6. The van der Waals surface area contributed by atoms with Gasteiger partial charge in [0.1, 0.15) is 18.2 Å². The van der Waals surface area contributed by atoms with Gasteiger partial charge in [0.15, 0.2) is 0 Å². The summed E-state index contributed by atoms with van der Waals surface area (Å²) < 4.78 is 20.6. The molecule has 0 N–H and O–H groups in total. The first-order chi connectivity index (χ1) is 8.97. The van der Waals surface area contributed by atoms with Gasteiger partial charge < -0.3 is 4.74 Å². The Kier molecular flexibility index (Phi) is 4.63. The van der Waals surface area contributed by atoms with Gasteiger partial charge in [-0.1, -0.05) is 37.9 Å². The molecule has 1 nitrogen and oxygen atoms in total. The Hall–Kier alpha value is -0.870. The van der Waals surface area contributed by atoms with E-state index in [9.17, 15) is 4.39 Å². The van der Waals surface area contributed by atoms with E-state index in [2.05, 4.69) is 31.9 Å². The van der Waals surface area contributed by atoms with Crippen molar-refractivity contribution in [1.82, 2.24) is 0 Å². The molecule has 0 fully saturated rings. The summed E-state index contributed by atoms with van der Waals surface area (Å²) in [7, 11) is 0. The first-order valence-corrected chi connectivity index (χ1v) is 7.39. The monoisotopic (exact) mass is 386 g/mol. The van der Waals surface area contributed by atoms with Gasteiger partial charge in [0.05, 0.1) is 0 Å². The fraction of sp³-hybridized carbons (Fsp3) is 0.200. The van der Waals surface area contributed by atoms with Gasteiger partial charge in [-0.05, 0) is 49.2 Å². The topological polar surface area (TPSA) is 9.23 Å². The van der Waals surface area contributed by atoms with Crippen LogP contribution in [-0.4, -0.2) is 0 Å². The molecule has 2 aromatic rings. The SMILES string of the molecule is Cc1cc(OCc2ccc(F)cc2Br)cc(C)c1Br. The molecule has 19 heavy (non-hydrogen) atoms. The second kappa shape index (κ2) is 6.06. The lowest BCUT2D eigenvalue weighted by atomic mass is 10.1. The van der Waals surface area contributed by atoms with E-state index in [1.807, 2.05) is 26.0 Å². The number of rotatable bonds is 3. The smallest absolute Gasteiger partial charge is 0.124 e. The van der Waals surface area contributed by atoms with Crippen molar-refractivity contribution in [3.05, 3.63) is 61.8 Å². The van der Waals surface area contributed by atoms with E-state index in [4.69, 9.17) is 4.74 Å². The van der Waals surface area contributed by atoms with Crippen molar-refractivity contribution in [3.63, 3.8) is 0 Å². The van der Waals surface area contributed by atoms with Gasteiger partial charge in [-0.3, -0.25) is 0 Å². The van der Waals surface area contributed by atoms with Gasteiger partial charge in [0, 0.05) is 14.5 Å². The maximum atomic E-state index is 13.0. The van der Waals surface area contributed by atoms with Gasteiger partial charge in [0.2, 0.25) is 0 Å². The van der Waals surface area contributed by atoms with E-state index in [0.717, 1.165) is 31.4 Å². The Morgan fingerprint density at radius 1 is 1.05 bits per heavy atom. The molecule has 0 amide bonds. The molecule has 0 radical (unpaired) electrons. The van der Waals surface area contributed by atoms with Gasteiger partial charge in [0.25, 0.3) is 0 Å². The van der Waals surface area contributed by atoms with Crippen molar-refractivity contribution in [2.75, 3.05) is 0 Å². The minimum Gasteiger partial charge on any atom is -0.489 e. The molecule has 100 valence electrons. The zero-order chi connectivity index (χ0) is 14.0. The summed E-state index contributed by atoms with van der Waals surface area (Å²) >= 11 is 6.86. The third kappa shape index (κ3) is 3.57. The van der Waals surface area contributed by atoms with Crippen molar-refractivity contribution in [1.29, 1.82) is 0 Å². The van der Waals surface area contributed by atoms with Crippen molar-refractivity contribution in [3.8, 4) is 5.75 Å². The van der Waals surface area contributed by atoms with Crippen LogP contribution in [0.3, 0.4) is 0 Å². The molecule has 2 aromatic carbocycles. The van der Waals surface area contributed by atoms with Crippen molar-refractivity contribution >= 4 is 31.9 Å². The lowest BCUT2D eigenvalue weighted by Crippen LogP contribution is -1.98. The lowest BCUT2D eigenvalue weighted by molar-refractivity contribution is 0.305. The molecule has 0 atom stereocenters. The van der Waals surface area contributed by atoms with Crippen LogP contribution in [0.2, 0.25) is 0 Å². The highest BCUT2D eigenvalue weighted by molar-refractivity contribution is 9.10. The van der Waals surface area contributed by atoms with Crippen LogP contribution in [0.1, 0.15) is 16.7 Å². The molecule has 0 spiro atoms. The average molecular weight is 388 g/mol. The van der Waals surface area contributed by atoms with Crippen LogP contribution in [-0.2, 0) is 6.61 Å². The van der Waals surface area contributed by atoms with Crippen LogP contribution in [0.4, 0.5) is 4.39 Å². The summed E-state index contributed by atoms with van der Waals surface area (Å²) in [5.41, 5.74) is 3.18. The maximum absolute atomic E-state index is 13.0. The summed E-state index contributed by atoms with van der Waals surface area (Å²) in [6.07, 6.45) is 0. The Morgan fingerprint density at radius 2 is 1.68 bits per heavy atom. The van der Waals surface area contributed by atoms with Crippen LogP contribution in [0, 0.1) is 19.7 Å². The minimum atomic E-state index is -0.258. The number of ether oxygens (including phenoxy) is 1. The molecule has 0 unspecified atom stereocenters. The van der Waals surface area contributed by atoms with Crippen LogP contribution < -0.4 is 4.74 Å². The minimum absolute atomic E-state index is 0.258. The first-order valence-electron chi connectivity index (χ1n) is 5.81. The quantitative estimate of drug-likeness (QED) is 0.671. The Bertz CT molecular complexity index is 588. The predicted octanol–water partition coefficient (Wildman–Crippen LogP) is 5.55. The van der Waals surface area contributed by atoms with Crippen molar-refractivity contribution < 1.29 is 9.13 Å². The number of aryl methyl sites for hydroxylation is 2. The summed E-state index contributed by atoms with van der Waals surface area (Å²) in [6, 6.07) is 8.55. The zero-order valence-corrected chi connectivity index (χ0v) is 13.8. The highest BCUT2D eigenvalue weighted by Crippen LogP contribution is 2.27. The average Bonchev–Trinajstić information content (AvgIpc) is 2.34. The molecule has 0 saturated heterocycles. The molecule has 0 saturated carbocycles. The number of hydrogen-bond donors (Lipinski definition) is 0. The van der Waals surface area contributed by atoms with Gasteiger partial charge >= 0.3 is 0 Å². The molecule has 4 heteroatoms. The normalized spacial score (nSPS) is 10.6. The molecule has 0 heterocycles. The molecule has 0 aliphatic heterocycles. The van der Waals surface area contributed by atoms with Crippen LogP contribution in [0.5, 0.6) is 5.75 Å². The summed E-state index contributed by atoms with van der Waals surface area (Å²) in [5.74, 6) is 0.556. The first kappa shape index (κ1) is 14.5. The van der Waals surface area contributed by atoms with E-state index in [1.54, 1.807) is 6.07 Å². The van der Waals surface area contributed by atoms with Crippen LogP contribution in [0.25, 0.3) is 0 Å². The second-order valence-corrected chi connectivity index (χ2v) is 6.04. The van der Waals surface area contributed by atoms with Gasteiger partial charge in [-0.2, -0.15) is 0 Å². The second-order valence-electron chi connectivity index (χ2n) is 4.40. The summed E-state index contributed by atoms with van der Waals surface area (Å²) in [4.78, 5) is 0. The Labute approximate surface area is 129 Å². The summed E-state index contributed by atoms with van der Waals surface area (Å²) in [5, 5.41) is 0. The third-order valence-corrected chi connectivity index (χ3v) is 4.81. The molecule has 2 rings (SSSR count). The van der Waals surface area contributed by atoms with E-state index >= 15 is 0 Å². The van der Waals surface area contributed by atoms with E-state index < -0.39 is 0 Å². The van der Waals surface area contributed by atoms with Gasteiger partial charge in [-0.25, -0.2) is 4.39 Å². The fourth-order valence-electron chi connectivity index (χ4n) is 1.79. The van der Waals surface area contributed by atoms with E-state index in [-0.39, 0.29) is 5.82 Å². The van der Waals surface area contributed by atoms with Crippen molar-refractivity contribution in [2.45, 2.75) is 20.5 Å². The fourth-order valence-corrected chi connectivity index (χ4v) is 2.48. The number of hydrogen-bond acceptors (Lipinski definition) is 1. The van der Waals surface area contributed by atoms with E-state index in [1.165, 1.54) is 12.1 Å². The third-order valence-electron chi connectivity index (χ3n) is 2.82. The maximum Gasteiger partial charge on any atom is 0.124 e. The highest BCUT2D eigenvalue weighted by Gasteiger charge is 2.06. The predicted molar refractivity (Wildman–Crippen MR) is 82.0 cm³/mol. The van der Waals surface area contributed by atoms with Crippen molar-refractivity contribution in [2.24, 2.45) is 0 Å². The Balaban J connectivity index is 2.14.